The van der Waals surface area contributed by atoms with Crippen LogP contribution in [0.15, 0.2) is 54.6 Å². The van der Waals surface area contributed by atoms with Gasteiger partial charge in [-0.05, 0) is 29.7 Å². The summed E-state index contributed by atoms with van der Waals surface area (Å²) in [5.41, 5.74) is 2.03. The highest BCUT2D eigenvalue weighted by Crippen LogP contribution is 2.15. The SMILES string of the molecule is O=C(NCCc1ccc(F)cc1)NC1CC(=O)N(Cc2ccccc2)C1. The summed E-state index contributed by atoms with van der Waals surface area (Å²) >= 11 is 0. The minimum Gasteiger partial charge on any atom is -0.338 e. The minimum absolute atomic E-state index is 0.0467. The van der Waals surface area contributed by atoms with Crippen molar-refractivity contribution in [2.45, 2.75) is 25.4 Å². The largest absolute Gasteiger partial charge is 0.338 e. The Bertz CT molecular complexity index is 749. The van der Waals surface area contributed by atoms with Gasteiger partial charge in [0.05, 0.1) is 6.04 Å². The van der Waals surface area contributed by atoms with E-state index in [1.165, 1.54) is 12.1 Å². The van der Waals surface area contributed by atoms with E-state index in [9.17, 15) is 14.0 Å². The van der Waals surface area contributed by atoms with E-state index in [0.29, 0.717) is 32.5 Å². The fourth-order valence-electron chi connectivity index (χ4n) is 3.03. The predicted molar refractivity (Wildman–Crippen MR) is 96.9 cm³/mol. The van der Waals surface area contributed by atoms with Crippen molar-refractivity contribution in [3.63, 3.8) is 0 Å². The zero-order valence-corrected chi connectivity index (χ0v) is 14.5. The third kappa shape index (κ3) is 5.05. The lowest BCUT2D eigenvalue weighted by molar-refractivity contribution is -0.128. The Morgan fingerprint density at radius 3 is 2.54 bits per heavy atom. The predicted octanol–water partition coefficient (Wildman–Crippen LogP) is 2.47. The second-order valence-corrected chi connectivity index (χ2v) is 6.44. The Balaban J connectivity index is 1.40. The van der Waals surface area contributed by atoms with E-state index in [1.54, 1.807) is 17.0 Å². The number of amides is 3. The number of nitrogens with zero attached hydrogens (tertiary/aromatic N) is 1. The van der Waals surface area contributed by atoms with Crippen molar-refractivity contribution in [3.05, 3.63) is 71.5 Å². The molecule has 1 aliphatic rings. The molecule has 6 heteroatoms. The monoisotopic (exact) mass is 355 g/mol. The van der Waals surface area contributed by atoms with E-state index < -0.39 is 0 Å². The molecule has 1 unspecified atom stereocenters. The number of carbonyl (C=O) groups is 2. The molecule has 136 valence electrons. The maximum absolute atomic E-state index is 12.9. The molecule has 0 spiro atoms. The Labute approximate surface area is 152 Å². The molecule has 1 aliphatic heterocycles. The number of rotatable bonds is 6. The van der Waals surface area contributed by atoms with Crippen LogP contribution in [-0.2, 0) is 17.8 Å². The summed E-state index contributed by atoms with van der Waals surface area (Å²) in [6, 6.07) is 15.5. The lowest BCUT2D eigenvalue weighted by Crippen LogP contribution is -2.43. The van der Waals surface area contributed by atoms with Crippen LogP contribution in [-0.4, -0.2) is 36.0 Å². The van der Waals surface area contributed by atoms with Crippen molar-refractivity contribution in [2.75, 3.05) is 13.1 Å². The van der Waals surface area contributed by atoms with Gasteiger partial charge in [0.2, 0.25) is 5.91 Å². The van der Waals surface area contributed by atoms with Crippen LogP contribution in [0.1, 0.15) is 17.5 Å². The van der Waals surface area contributed by atoms with Crippen molar-refractivity contribution in [2.24, 2.45) is 0 Å². The number of carbonyl (C=O) groups excluding carboxylic acids is 2. The van der Waals surface area contributed by atoms with Gasteiger partial charge in [-0.2, -0.15) is 0 Å². The number of likely N-dealkylation sites (tertiary alicyclic amines) is 1. The van der Waals surface area contributed by atoms with Crippen molar-refractivity contribution in [3.8, 4) is 0 Å². The molecule has 1 heterocycles. The normalized spacial score (nSPS) is 16.6. The average molecular weight is 355 g/mol. The van der Waals surface area contributed by atoms with Crippen LogP contribution < -0.4 is 10.6 Å². The molecular weight excluding hydrogens is 333 g/mol. The standard InChI is InChI=1S/C20H22FN3O2/c21-17-8-6-15(7-9-17)10-11-22-20(26)23-18-12-19(25)24(14-18)13-16-4-2-1-3-5-16/h1-9,18H,10-14H2,(H2,22,23,26). The van der Waals surface area contributed by atoms with Crippen LogP contribution in [0.3, 0.4) is 0 Å². The average Bonchev–Trinajstić information content (AvgIpc) is 2.96. The molecule has 0 bridgehead atoms. The van der Waals surface area contributed by atoms with Crippen molar-refractivity contribution >= 4 is 11.9 Å². The van der Waals surface area contributed by atoms with Crippen LogP contribution in [0.25, 0.3) is 0 Å². The highest BCUT2D eigenvalue weighted by Gasteiger charge is 2.30. The fourth-order valence-corrected chi connectivity index (χ4v) is 3.03. The highest BCUT2D eigenvalue weighted by atomic mass is 19.1. The van der Waals surface area contributed by atoms with E-state index in [1.807, 2.05) is 30.3 Å². The fraction of sp³-hybridized carbons (Fsp3) is 0.300. The van der Waals surface area contributed by atoms with Crippen molar-refractivity contribution < 1.29 is 14.0 Å². The molecule has 0 radical (unpaired) electrons. The van der Waals surface area contributed by atoms with Crippen molar-refractivity contribution in [1.82, 2.24) is 15.5 Å². The second-order valence-electron chi connectivity index (χ2n) is 6.44. The van der Waals surface area contributed by atoms with Gasteiger partial charge in [0.25, 0.3) is 0 Å². The molecule has 1 atom stereocenters. The van der Waals surface area contributed by atoms with Gasteiger partial charge in [-0.15, -0.1) is 0 Å². The van der Waals surface area contributed by atoms with Gasteiger partial charge in [0, 0.05) is 26.1 Å². The number of urea groups is 1. The molecule has 0 aliphatic carbocycles. The van der Waals surface area contributed by atoms with Gasteiger partial charge >= 0.3 is 6.03 Å². The molecule has 0 aromatic heterocycles. The zero-order valence-electron chi connectivity index (χ0n) is 14.5. The Hall–Kier alpha value is -2.89. The molecule has 1 fully saturated rings. The Kier molecular flexibility index (Phi) is 5.84. The number of hydrogen-bond acceptors (Lipinski definition) is 2. The quantitative estimate of drug-likeness (QED) is 0.836. The maximum atomic E-state index is 12.9. The van der Waals surface area contributed by atoms with Gasteiger partial charge in [0.15, 0.2) is 0 Å². The molecule has 3 rings (SSSR count). The van der Waals surface area contributed by atoms with E-state index in [0.717, 1.165) is 11.1 Å². The van der Waals surface area contributed by atoms with Crippen LogP contribution in [0.2, 0.25) is 0 Å². The summed E-state index contributed by atoms with van der Waals surface area (Å²) < 4.78 is 12.9. The molecular formula is C20H22FN3O2. The van der Waals surface area contributed by atoms with E-state index >= 15 is 0 Å². The van der Waals surface area contributed by atoms with E-state index in [4.69, 9.17) is 0 Å². The van der Waals surface area contributed by atoms with E-state index in [-0.39, 0.29) is 23.8 Å². The topological polar surface area (TPSA) is 61.4 Å². The molecule has 1 saturated heterocycles. The first-order valence-electron chi connectivity index (χ1n) is 8.70. The molecule has 2 aromatic carbocycles. The van der Waals surface area contributed by atoms with E-state index in [2.05, 4.69) is 10.6 Å². The van der Waals surface area contributed by atoms with Crippen LogP contribution in [0.5, 0.6) is 0 Å². The molecule has 26 heavy (non-hydrogen) atoms. The number of hydrogen-bond donors (Lipinski definition) is 2. The number of benzene rings is 2. The lowest BCUT2D eigenvalue weighted by atomic mass is 10.1. The van der Waals surface area contributed by atoms with Gasteiger partial charge in [-0.1, -0.05) is 42.5 Å². The van der Waals surface area contributed by atoms with Crippen molar-refractivity contribution in [1.29, 1.82) is 0 Å². The molecule has 3 amide bonds. The first kappa shape index (κ1) is 17.9. The van der Waals surface area contributed by atoms with Gasteiger partial charge in [0.1, 0.15) is 5.82 Å². The third-order valence-electron chi connectivity index (χ3n) is 4.38. The Morgan fingerprint density at radius 2 is 1.81 bits per heavy atom. The molecule has 2 N–H and O–H groups in total. The molecule has 0 saturated carbocycles. The lowest BCUT2D eigenvalue weighted by Gasteiger charge is -2.17. The van der Waals surface area contributed by atoms with Gasteiger partial charge in [-0.3, -0.25) is 4.79 Å². The summed E-state index contributed by atoms with van der Waals surface area (Å²) in [6.45, 7) is 1.52. The summed E-state index contributed by atoms with van der Waals surface area (Å²) in [5.74, 6) is -0.226. The summed E-state index contributed by atoms with van der Waals surface area (Å²) in [5, 5.41) is 5.63. The van der Waals surface area contributed by atoms with Gasteiger partial charge < -0.3 is 15.5 Å². The maximum Gasteiger partial charge on any atom is 0.315 e. The second kappa shape index (κ2) is 8.47. The highest BCUT2D eigenvalue weighted by molar-refractivity contribution is 5.81. The number of halogens is 1. The first-order chi connectivity index (χ1) is 12.6. The summed E-state index contributed by atoms with van der Waals surface area (Å²) in [6.07, 6.45) is 0.940. The van der Waals surface area contributed by atoms with Crippen LogP contribution in [0.4, 0.5) is 9.18 Å². The number of nitrogens with one attached hydrogen (secondary N) is 2. The zero-order chi connectivity index (χ0) is 18.4. The summed E-state index contributed by atoms with van der Waals surface area (Å²) in [4.78, 5) is 25.9. The summed E-state index contributed by atoms with van der Waals surface area (Å²) in [7, 11) is 0. The third-order valence-corrected chi connectivity index (χ3v) is 4.38. The van der Waals surface area contributed by atoms with Gasteiger partial charge in [-0.25, -0.2) is 9.18 Å². The Morgan fingerprint density at radius 1 is 1.08 bits per heavy atom. The van der Waals surface area contributed by atoms with Crippen LogP contribution >= 0.6 is 0 Å². The smallest absolute Gasteiger partial charge is 0.315 e. The molecule has 2 aromatic rings. The molecule has 5 nitrogen and oxygen atoms in total. The van der Waals surface area contributed by atoms with Crippen LogP contribution in [0, 0.1) is 5.82 Å². The minimum atomic E-state index is -0.286. The first-order valence-corrected chi connectivity index (χ1v) is 8.70.